The highest BCUT2D eigenvalue weighted by molar-refractivity contribution is 6.30. The third-order valence-corrected chi connectivity index (χ3v) is 4.52. The molecule has 7 heteroatoms. The number of anilines is 5. The van der Waals surface area contributed by atoms with Gasteiger partial charge in [0, 0.05) is 35.2 Å². The van der Waals surface area contributed by atoms with Crippen LogP contribution in [0.1, 0.15) is 12.8 Å². The van der Waals surface area contributed by atoms with E-state index < -0.39 is 0 Å². The summed E-state index contributed by atoms with van der Waals surface area (Å²) >= 11 is 5.90. The van der Waals surface area contributed by atoms with E-state index >= 15 is 0 Å². The molecule has 1 fully saturated rings. The predicted octanol–water partition coefficient (Wildman–Crippen LogP) is 4.61. The summed E-state index contributed by atoms with van der Waals surface area (Å²) in [5, 5.41) is 15.1. The fourth-order valence-electron chi connectivity index (χ4n) is 2.96. The molecule has 26 heavy (non-hydrogen) atoms. The van der Waals surface area contributed by atoms with E-state index in [1.165, 1.54) is 18.5 Å². The van der Waals surface area contributed by atoms with Gasteiger partial charge in [-0.3, -0.25) is 0 Å². The Morgan fingerprint density at radius 1 is 0.846 bits per heavy atom. The van der Waals surface area contributed by atoms with Crippen molar-refractivity contribution in [2.24, 2.45) is 0 Å². The van der Waals surface area contributed by atoms with Gasteiger partial charge in [-0.2, -0.15) is 10.1 Å². The molecule has 0 atom stereocenters. The summed E-state index contributed by atoms with van der Waals surface area (Å²) in [6.07, 6.45) is 4.15. The second-order valence-electron chi connectivity index (χ2n) is 6.16. The number of nitrogens with one attached hydrogen (secondary N) is 2. The van der Waals surface area contributed by atoms with E-state index in [1.807, 2.05) is 12.1 Å². The van der Waals surface area contributed by atoms with Gasteiger partial charge in [-0.25, -0.2) is 0 Å². The standard InChI is InChI=1S/C19H19ClN6/c20-14-3-5-16(6-4-14)23-19-24-18(13-21-25-19)22-15-7-9-17(10-8-15)26-11-1-2-12-26/h3-10,13H,1-2,11-12H2,(H2,22,23,24,25). The maximum atomic E-state index is 5.90. The molecule has 6 nitrogen and oxygen atoms in total. The summed E-state index contributed by atoms with van der Waals surface area (Å²) in [7, 11) is 0. The van der Waals surface area contributed by atoms with Gasteiger partial charge in [-0.05, 0) is 61.4 Å². The fourth-order valence-corrected chi connectivity index (χ4v) is 3.08. The Labute approximate surface area is 157 Å². The Bertz CT molecular complexity index is 860. The number of rotatable bonds is 5. The van der Waals surface area contributed by atoms with Gasteiger partial charge in [-0.1, -0.05) is 11.6 Å². The Balaban J connectivity index is 1.44. The molecule has 0 amide bonds. The predicted molar refractivity (Wildman–Crippen MR) is 106 cm³/mol. The Morgan fingerprint density at radius 2 is 1.50 bits per heavy atom. The first kappa shape index (κ1) is 16.6. The second kappa shape index (κ2) is 7.58. The van der Waals surface area contributed by atoms with Crippen molar-refractivity contribution in [1.82, 2.24) is 15.2 Å². The monoisotopic (exact) mass is 366 g/mol. The average molecular weight is 367 g/mol. The number of nitrogens with zero attached hydrogens (tertiary/aromatic N) is 4. The molecule has 1 saturated heterocycles. The van der Waals surface area contributed by atoms with E-state index in [0.29, 0.717) is 16.8 Å². The lowest BCUT2D eigenvalue weighted by Crippen LogP contribution is -2.17. The first-order chi connectivity index (χ1) is 12.8. The molecular formula is C19H19ClN6. The van der Waals surface area contributed by atoms with Gasteiger partial charge in [0.1, 0.15) is 0 Å². The quantitative estimate of drug-likeness (QED) is 0.687. The topological polar surface area (TPSA) is 66.0 Å². The minimum atomic E-state index is 0.422. The van der Waals surface area contributed by atoms with E-state index in [-0.39, 0.29) is 0 Å². The van der Waals surface area contributed by atoms with E-state index in [0.717, 1.165) is 24.5 Å². The SMILES string of the molecule is Clc1ccc(Nc2nncc(Nc3ccc(N4CCCC4)cc3)n2)cc1. The van der Waals surface area contributed by atoms with Crippen LogP contribution in [0.2, 0.25) is 5.02 Å². The number of halogens is 1. The van der Waals surface area contributed by atoms with Crippen LogP contribution in [-0.2, 0) is 0 Å². The molecule has 0 aliphatic carbocycles. The van der Waals surface area contributed by atoms with Crippen molar-refractivity contribution in [2.45, 2.75) is 12.8 Å². The number of aromatic nitrogens is 3. The molecule has 2 N–H and O–H groups in total. The van der Waals surface area contributed by atoms with E-state index in [9.17, 15) is 0 Å². The molecule has 2 aromatic carbocycles. The van der Waals surface area contributed by atoms with Crippen molar-refractivity contribution in [3.63, 3.8) is 0 Å². The lowest BCUT2D eigenvalue weighted by atomic mass is 10.2. The highest BCUT2D eigenvalue weighted by Gasteiger charge is 2.11. The van der Waals surface area contributed by atoms with Gasteiger partial charge in [0.2, 0.25) is 5.95 Å². The van der Waals surface area contributed by atoms with E-state index in [1.54, 1.807) is 18.3 Å². The number of hydrogen-bond donors (Lipinski definition) is 2. The van der Waals surface area contributed by atoms with Gasteiger partial charge < -0.3 is 15.5 Å². The van der Waals surface area contributed by atoms with E-state index in [2.05, 4.69) is 55.0 Å². The minimum Gasteiger partial charge on any atom is -0.372 e. The van der Waals surface area contributed by atoms with Crippen LogP contribution < -0.4 is 15.5 Å². The van der Waals surface area contributed by atoms with Crippen LogP contribution in [0.5, 0.6) is 0 Å². The molecular weight excluding hydrogens is 348 g/mol. The Kier molecular flexibility index (Phi) is 4.84. The maximum Gasteiger partial charge on any atom is 0.249 e. The van der Waals surface area contributed by atoms with Gasteiger partial charge in [0.25, 0.3) is 0 Å². The zero-order valence-electron chi connectivity index (χ0n) is 14.2. The molecule has 0 radical (unpaired) electrons. The van der Waals surface area contributed by atoms with Crippen molar-refractivity contribution in [3.05, 3.63) is 59.8 Å². The van der Waals surface area contributed by atoms with Crippen LogP contribution in [0.25, 0.3) is 0 Å². The molecule has 0 unspecified atom stereocenters. The van der Waals surface area contributed by atoms with Crippen LogP contribution >= 0.6 is 11.6 Å². The van der Waals surface area contributed by atoms with Gasteiger partial charge in [0.15, 0.2) is 5.82 Å². The van der Waals surface area contributed by atoms with E-state index in [4.69, 9.17) is 11.6 Å². The Morgan fingerprint density at radius 3 is 2.23 bits per heavy atom. The summed E-state index contributed by atoms with van der Waals surface area (Å²) in [5.74, 6) is 1.05. The molecule has 0 saturated carbocycles. The third-order valence-electron chi connectivity index (χ3n) is 4.27. The summed E-state index contributed by atoms with van der Waals surface area (Å²) < 4.78 is 0. The molecule has 132 valence electrons. The molecule has 3 aromatic rings. The van der Waals surface area contributed by atoms with Crippen molar-refractivity contribution < 1.29 is 0 Å². The van der Waals surface area contributed by atoms with Crippen LogP contribution in [0.4, 0.5) is 28.8 Å². The van der Waals surface area contributed by atoms with Crippen molar-refractivity contribution in [2.75, 3.05) is 28.6 Å². The van der Waals surface area contributed by atoms with Gasteiger partial charge in [-0.15, -0.1) is 5.10 Å². The van der Waals surface area contributed by atoms with Crippen LogP contribution in [0.15, 0.2) is 54.7 Å². The molecule has 1 aromatic heterocycles. The molecule has 1 aliphatic rings. The minimum absolute atomic E-state index is 0.422. The summed E-state index contributed by atoms with van der Waals surface area (Å²) in [4.78, 5) is 6.85. The maximum absolute atomic E-state index is 5.90. The number of hydrogen-bond acceptors (Lipinski definition) is 6. The van der Waals surface area contributed by atoms with Crippen molar-refractivity contribution in [3.8, 4) is 0 Å². The molecule has 4 rings (SSSR count). The Hall–Kier alpha value is -2.86. The van der Waals surface area contributed by atoms with Gasteiger partial charge >= 0.3 is 0 Å². The summed E-state index contributed by atoms with van der Waals surface area (Å²) in [6.45, 7) is 2.28. The lowest BCUT2D eigenvalue weighted by Gasteiger charge is -2.17. The highest BCUT2D eigenvalue weighted by Crippen LogP contribution is 2.24. The first-order valence-corrected chi connectivity index (χ1v) is 8.98. The van der Waals surface area contributed by atoms with Crippen LogP contribution in [-0.4, -0.2) is 28.3 Å². The zero-order valence-corrected chi connectivity index (χ0v) is 14.9. The molecule has 2 heterocycles. The van der Waals surface area contributed by atoms with Crippen molar-refractivity contribution >= 4 is 40.4 Å². The summed E-state index contributed by atoms with van der Waals surface area (Å²) in [6, 6.07) is 15.7. The largest absolute Gasteiger partial charge is 0.372 e. The average Bonchev–Trinajstić information content (AvgIpc) is 3.19. The third kappa shape index (κ3) is 4.03. The number of benzene rings is 2. The normalized spacial score (nSPS) is 13.7. The molecule has 1 aliphatic heterocycles. The fraction of sp³-hybridized carbons (Fsp3) is 0.211. The second-order valence-corrected chi connectivity index (χ2v) is 6.60. The highest BCUT2D eigenvalue weighted by atomic mass is 35.5. The molecule has 0 spiro atoms. The zero-order chi connectivity index (χ0) is 17.8. The van der Waals surface area contributed by atoms with Gasteiger partial charge in [0.05, 0.1) is 6.20 Å². The smallest absolute Gasteiger partial charge is 0.249 e. The lowest BCUT2D eigenvalue weighted by molar-refractivity contribution is 0.949. The van der Waals surface area contributed by atoms with Crippen LogP contribution in [0.3, 0.4) is 0 Å². The first-order valence-electron chi connectivity index (χ1n) is 8.61. The molecule has 0 bridgehead atoms. The van der Waals surface area contributed by atoms with Crippen LogP contribution in [0, 0.1) is 0 Å². The van der Waals surface area contributed by atoms with Crippen molar-refractivity contribution in [1.29, 1.82) is 0 Å². The summed E-state index contributed by atoms with van der Waals surface area (Å²) in [5.41, 5.74) is 3.08.